The Bertz CT molecular complexity index is 1160. The molecule has 3 aromatic rings. The Morgan fingerprint density at radius 3 is 2.33 bits per heavy atom. The van der Waals surface area contributed by atoms with Crippen LogP contribution in [-0.2, 0) is 22.6 Å². The number of aryl methyl sites for hydroxylation is 2. The van der Waals surface area contributed by atoms with Crippen LogP contribution in [0.15, 0.2) is 72.8 Å². The van der Waals surface area contributed by atoms with E-state index >= 15 is 0 Å². The fourth-order valence-electron chi connectivity index (χ4n) is 3.99. The fourth-order valence-corrected chi connectivity index (χ4v) is 4.21. The van der Waals surface area contributed by atoms with E-state index in [1.165, 1.54) is 0 Å². The number of ether oxygens (including phenoxy) is 1. The van der Waals surface area contributed by atoms with Crippen LogP contribution >= 0.6 is 11.6 Å². The van der Waals surface area contributed by atoms with Crippen molar-refractivity contribution in [3.63, 3.8) is 0 Å². The SMILES string of the molecule is Cc1ccc(OCC(=O)N(Cc2cccc(Cl)c2)[C@@H](Cc2ccccc2)C(=O)NCC(C)C)c(C)c1. The molecule has 0 saturated heterocycles. The lowest BCUT2D eigenvalue weighted by atomic mass is 10.0. The number of amides is 2. The van der Waals surface area contributed by atoms with Crippen molar-refractivity contribution in [3.8, 4) is 5.75 Å². The monoisotopic (exact) mass is 506 g/mol. The van der Waals surface area contributed by atoms with Crippen molar-refractivity contribution in [2.24, 2.45) is 5.92 Å². The summed E-state index contributed by atoms with van der Waals surface area (Å²) in [6, 6.07) is 22.2. The second kappa shape index (κ2) is 13.1. The number of benzene rings is 3. The number of nitrogens with zero attached hydrogens (tertiary/aromatic N) is 1. The Hall–Kier alpha value is -3.31. The van der Waals surface area contributed by atoms with Gasteiger partial charge in [-0.1, -0.05) is 85.6 Å². The summed E-state index contributed by atoms with van der Waals surface area (Å²) < 4.78 is 5.93. The first-order chi connectivity index (χ1) is 17.2. The molecule has 36 heavy (non-hydrogen) atoms. The summed E-state index contributed by atoms with van der Waals surface area (Å²) in [7, 11) is 0. The molecule has 1 atom stereocenters. The first-order valence-corrected chi connectivity index (χ1v) is 12.7. The van der Waals surface area contributed by atoms with E-state index in [2.05, 4.69) is 5.32 Å². The summed E-state index contributed by atoms with van der Waals surface area (Å²) in [5.41, 5.74) is 3.90. The van der Waals surface area contributed by atoms with E-state index in [-0.39, 0.29) is 30.9 Å². The molecule has 2 amide bonds. The molecule has 0 aliphatic carbocycles. The van der Waals surface area contributed by atoms with Crippen LogP contribution in [0.2, 0.25) is 5.02 Å². The maximum Gasteiger partial charge on any atom is 0.261 e. The second-order valence-corrected chi connectivity index (χ2v) is 9.99. The molecule has 0 unspecified atom stereocenters. The molecule has 190 valence electrons. The minimum Gasteiger partial charge on any atom is -0.483 e. The Balaban J connectivity index is 1.91. The largest absolute Gasteiger partial charge is 0.483 e. The highest BCUT2D eigenvalue weighted by Gasteiger charge is 2.31. The normalized spacial score (nSPS) is 11.7. The number of rotatable bonds is 11. The number of hydrogen-bond acceptors (Lipinski definition) is 3. The molecule has 5 nitrogen and oxygen atoms in total. The van der Waals surface area contributed by atoms with Gasteiger partial charge in [0.25, 0.3) is 5.91 Å². The lowest BCUT2D eigenvalue weighted by molar-refractivity contribution is -0.142. The van der Waals surface area contributed by atoms with Crippen LogP contribution < -0.4 is 10.1 Å². The lowest BCUT2D eigenvalue weighted by Gasteiger charge is -2.32. The Morgan fingerprint density at radius 1 is 0.944 bits per heavy atom. The van der Waals surface area contributed by atoms with E-state index < -0.39 is 6.04 Å². The molecule has 0 aliphatic heterocycles. The highest BCUT2D eigenvalue weighted by Crippen LogP contribution is 2.21. The lowest BCUT2D eigenvalue weighted by Crippen LogP contribution is -2.52. The van der Waals surface area contributed by atoms with E-state index in [0.29, 0.717) is 23.7 Å². The summed E-state index contributed by atoms with van der Waals surface area (Å²) in [6.07, 6.45) is 0.390. The number of nitrogens with one attached hydrogen (secondary N) is 1. The zero-order chi connectivity index (χ0) is 26.1. The maximum atomic E-state index is 13.6. The third-order valence-electron chi connectivity index (χ3n) is 5.88. The van der Waals surface area contributed by atoms with E-state index in [9.17, 15) is 9.59 Å². The van der Waals surface area contributed by atoms with Crippen LogP contribution in [-0.4, -0.2) is 35.9 Å². The van der Waals surface area contributed by atoms with E-state index in [0.717, 1.165) is 22.3 Å². The van der Waals surface area contributed by atoms with Crippen molar-refractivity contribution in [1.82, 2.24) is 10.2 Å². The first kappa shape index (κ1) is 27.3. The third-order valence-corrected chi connectivity index (χ3v) is 6.11. The average Bonchev–Trinajstić information content (AvgIpc) is 2.84. The van der Waals surface area contributed by atoms with Gasteiger partial charge in [0.15, 0.2) is 6.61 Å². The van der Waals surface area contributed by atoms with Gasteiger partial charge in [0.05, 0.1) is 0 Å². The molecule has 6 heteroatoms. The van der Waals surface area contributed by atoms with Gasteiger partial charge in [0.1, 0.15) is 11.8 Å². The average molecular weight is 507 g/mol. The van der Waals surface area contributed by atoms with Crippen molar-refractivity contribution in [2.75, 3.05) is 13.2 Å². The smallest absolute Gasteiger partial charge is 0.261 e. The minimum atomic E-state index is -0.708. The molecular weight excluding hydrogens is 472 g/mol. The molecule has 0 fully saturated rings. The summed E-state index contributed by atoms with van der Waals surface area (Å²) >= 11 is 6.23. The standard InChI is InChI=1S/C30H35ClN2O3/c1-21(2)18-32-30(35)27(17-24-9-6-5-7-10-24)33(19-25-11-8-12-26(31)16-25)29(34)20-36-28-14-13-22(3)15-23(28)4/h5-16,21,27H,17-20H2,1-4H3,(H,32,35)/t27-/m0/s1. The zero-order valence-corrected chi connectivity index (χ0v) is 22.2. The predicted molar refractivity (Wildman–Crippen MR) is 145 cm³/mol. The van der Waals surface area contributed by atoms with Crippen molar-refractivity contribution >= 4 is 23.4 Å². The third kappa shape index (κ3) is 8.13. The second-order valence-electron chi connectivity index (χ2n) is 9.55. The van der Waals surface area contributed by atoms with E-state index in [1.807, 2.05) is 94.4 Å². The van der Waals surface area contributed by atoms with Crippen molar-refractivity contribution < 1.29 is 14.3 Å². The van der Waals surface area contributed by atoms with Crippen molar-refractivity contribution in [2.45, 2.75) is 46.7 Å². The van der Waals surface area contributed by atoms with E-state index in [1.54, 1.807) is 11.0 Å². The van der Waals surface area contributed by atoms with Gasteiger partial charge in [0.2, 0.25) is 5.91 Å². The molecule has 0 aromatic heterocycles. The molecule has 3 rings (SSSR count). The number of carbonyl (C=O) groups excluding carboxylic acids is 2. The molecule has 3 aromatic carbocycles. The molecule has 0 spiro atoms. The van der Waals surface area contributed by atoms with Crippen LogP contribution in [0.3, 0.4) is 0 Å². The van der Waals surface area contributed by atoms with Crippen LogP contribution in [0.4, 0.5) is 0 Å². The van der Waals surface area contributed by atoms with Gasteiger partial charge < -0.3 is 15.0 Å². The van der Waals surface area contributed by atoms with Crippen molar-refractivity contribution in [3.05, 3.63) is 100 Å². The Labute approximate surface area is 219 Å². The van der Waals surface area contributed by atoms with E-state index in [4.69, 9.17) is 16.3 Å². The minimum absolute atomic E-state index is 0.173. The van der Waals surface area contributed by atoms with Gasteiger partial charge >= 0.3 is 0 Å². The highest BCUT2D eigenvalue weighted by atomic mass is 35.5. The van der Waals surface area contributed by atoms with Gasteiger partial charge in [-0.2, -0.15) is 0 Å². The molecular formula is C30H35ClN2O3. The summed E-state index contributed by atoms with van der Waals surface area (Å²) in [6.45, 7) is 8.64. The topological polar surface area (TPSA) is 58.6 Å². The zero-order valence-electron chi connectivity index (χ0n) is 21.5. The predicted octanol–water partition coefficient (Wildman–Crippen LogP) is 5.75. The molecule has 0 radical (unpaired) electrons. The molecule has 0 heterocycles. The van der Waals surface area contributed by atoms with Gasteiger partial charge in [-0.15, -0.1) is 0 Å². The first-order valence-electron chi connectivity index (χ1n) is 12.3. The Morgan fingerprint density at radius 2 is 1.67 bits per heavy atom. The number of halogens is 1. The maximum absolute atomic E-state index is 13.6. The molecule has 0 saturated carbocycles. The van der Waals surface area contributed by atoms with Crippen molar-refractivity contribution in [1.29, 1.82) is 0 Å². The summed E-state index contributed by atoms with van der Waals surface area (Å²) in [5.74, 6) is 0.488. The number of carbonyl (C=O) groups is 2. The van der Waals surface area contributed by atoms with Crippen LogP contribution in [0.5, 0.6) is 5.75 Å². The highest BCUT2D eigenvalue weighted by molar-refractivity contribution is 6.30. The summed E-state index contributed by atoms with van der Waals surface area (Å²) in [4.78, 5) is 28.7. The van der Waals surface area contributed by atoms with Gasteiger partial charge in [-0.05, 0) is 54.7 Å². The van der Waals surface area contributed by atoms with Crippen LogP contribution in [0.1, 0.15) is 36.1 Å². The van der Waals surface area contributed by atoms with Gasteiger partial charge in [-0.25, -0.2) is 0 Å². The molecule has 0 aliphatic rings. The van der Waals surface area contributed by atoms with Crippen LogP contribution in [0, 0.1) is 19.8 Å². The quantitative estimate of drug-likeness (QED) is 0.360. The number of hydrogen-bond donors (Lipinski definition) is 1. The molecule has 1 N–H and O–H groups in total. The summed E-state index contributed by atoms with van der Waals surface area (Å²) in [5, 5.41) is 3.60. The van der Waals surface area contributed by atoms with Gasteiger partial charge in [-0.3, -0.25) is 9.59 Å². The van der Waals surface area contributed by atoms with Gasteiger partial charge in [0, 0.05) is 24.5 Å². The fraction of sp³-hybridized carbons (Fsp3) is 0.333. The van der Waals surface area contributed by atoms with Crippen LogP contribution in [0.25, 0.3) is 0 Å². The Kier molecular flexibility index (Phi) is 9.95. The molecule has 0 bridgehead atoms.